The zero-order chi connectivity index (χ0) is 17.1. The summed E-state index contributed by atoms with van der Waals surface area (Å²) < 4.78 is 26.1. The Morgan fingerprint density at radius 2 is 2.08 bits per heavy atom. The molecule has 5 nitrogen and oxygen atoms in total. The number of amides is 1. The second kappa shape index (κ2) is 6.90. The van der Waals surface area contributed by atoms with Crippen LogP contribution in [-0.4, -0.2) is 29.0 Å². The van der Waals surface area contributed by atoms with Crippen LogP contribution in [0.4, 0.5) is 20.3 Å². The van der Waals surface area contributed by atoms with E-state index in [9.17, 15) is 13.6 Å². The van der Waals surface area contributed by atoms with Gasteiger partial charge in [0, 0.05) is 24.8 Å². The minimum Gasteiger partial charge on any atom is -0.355 e. The lowest BCUT2D eigenvalue weighted by Crippen LogP contribution is -2.35. The molecule has 2 heterocycles. The van der Waals surface area contributed by atoms with Crippen LogP contribution in [0.25, 0.3) is 0 Å². The highest BCUT2D eigenvalue weighted by molar-refractivity contribution is 6.02. The van der Waals surface area contributed by atoms with Crippen molar-refractivity contribution in [1.82, 2.24) is 9.97 Å². The molecule has 0 radical (unpaired) electrons. The first kappa shape index (κ1) is 16.3. The zero-order valence-electron chi connectivity index (χ0n) is 13.3. The average molecular weight is 332 g/mol. The molecule has 1 aliphatic rings. The summed E-state index contributed by atoms with van der Waals surface area (Å²) in [5, 5.41) is 2.47. The Kier molecular flexibility index (Phi) is 4.69. The number of nitrogens with one attached hydrogen (secondary N) is 1. The minimum atomic E-state index is -1.02. The van der Waals surface area contributed by atoms with Crippen LogP contribution in [0.3, 0.4) is 0 Å². The average Bonchev–Trinajstić information content (AvgIpc) is 2.58. The molecule has 0 bridgehead atoms. The van der Waals surface area contributed by atoms with Crippen LogP contribution < -0.4 is 10.2 Å². The van der Waals surface area contributed by atoms with Gasteiger partial charge in [-0.15, -0.1) is 0 Å². The van der Waals surface area contributed by atoms with Gasteiger partial charge in [-0.1, -0.05) is 6.92 Å². The molecule has 1 aliphatic heterocycles. The Balaban J connectivity index is 1.68. The van der Waals surface area contributed by atoms with Gasteiger partial charge in [0.05, 0.1) is 12.4 Å². The van der Waals surface area contributed by atoms with Crippen molar-refractivity contribution in [1.29, 1.82) is 0 Å². The number of benzene rings is 1. The maximum atomic E-state index is 13.2. The molecule has 1 atom stereocenters. The quantitative estimate of drug-likeness (QED) is 0.937. The lowest BCUT2D eigenvalue weighted by molar-refractivity contribution is 0.102. The number of anilines is 2. The van der Waals surface area contributed by atoms with Gasteiger partial charge < -0.3 is 10.2 Å². The number of hydrogen-bond acceptors (Lipinski definition) is 4. The number of carbonyl (C=O) groups is 1. The fraction of sp³-hybridized carbons (Fsp3) is 0.353. The highest BCUT2D eigenvalue weighted by atomic mass is 19.2. The third kappa shape index (κ3) is 3.67. The Morgan fingerprint density at radius 1 is 1.25 bits per heavy atom. The first-order valence-corrected chi connectivity index (χ1v) is 7.86. The van der Waals surface area contributed by atoms with Gasteiger partial charge in [-0.25, -0.2) is 18.7 Å². The minimum absolute atomic E-state index is 0.119. The summed E-state index contributed by atoms with van der Waals surface area (Å²) in [7, 11) is 0. The van der Waals surface area contributed by atoms with Crippen LogP contribution in [0.5, 0.6) is 0 Å². The maximum Gasteiger partial charge on any atom is 0.275 e. The van der Waals surface area contributed by atoms with Crippen molar-refractivity contribution < 1.29 is 13.6 Å². The predicted molar refractivity (Wildman–Crippen MR) is 87.0 cm³/mol. The van der Waals surface area contributed by atoms with Crippen LogP contribution in [-0.2, 0) is 0 Å². The van der Waals surface area contributed by atoms with E-state index in [1.54, 1.807) is 6.20 Å². The van der Waals surface area contributed by atoms with E-state index in [0.717, 1.165) is 37.5 Å². The van der Waals surface area contributed by atoms with Crippen molar-refractivity contribution in [2.45, 2.75) is 19.8 Å². The van der Waals surface area contributed by atoms with E-state index in [0.29, 0.717) is 5.92 Å². The fourth-order valence-corrected chi connectivity index (χ4v) is 2.77. The first-order chi connectivity index (χ1) is 11.5. The van der Waals surface area contributed by atoms with Gasteiger partial charge in [-0.05, 0) is 30.9 Å². The van der Waals surface area contributed by atoms with E-state index in [4.69, 9.17) is 0 Å². The van der Waals surface area contributed by atoms with E-state index in [-0.39, 0.29) is 11.4 Å². The van der Waals surface area contributed by atoms with E-state index in [1.165, 1.54) is 18.7 Å². The lowest BCUT2D eigenvalue weighted by Gasteiger charge is -2.31. The van der Waals surface area contributed by atoms with E-state index >= 15 is 0 Å². The Hall–Kier alpha value is -2.57. The summed E-state index contributed by atoms with van der Waals surface area (Å²) in [6.45, 7) is 4.05. The monoisotopic (exact) mass is 332 g/mol. The van der Waals surface area contributed by atoms with Crippen molar-refractivity contribution in [2.75, 3.05) is 23.3 Å². The van der Waals surface area contributed by atoms with Gasteiger partial charge in [-0.2, -0.15) is 0 Å². The van der Waals surface area contributed by atoms with Crippen molar-refractivity contribution in [2.24, 2.45) is 5.92 Å². The number of nitrogens with zero attached hydrogens (tertiary/aromatic N) is 3. The molecule has 0 spiro atoms. The third-order valence-corrected chi connectivity index (χ3v) is 4.03. The molecular weight excluding hydrogens is 314 g/mol. The summed E-state index contributed by atoms with van der Waals surface area (Å²) in [4.78, 5) is 22.7. The molecule has 2 aromatic rings. The summed E-state index contributed by atoms with van der Waals surface area (Å²) in [6.07, 6.45) is 5.28. The molecule has 1 aromatic heterocycles. The van der Waals surface area contributed by atoms with Gasteiger partial charge in [0.2, 0.25) is 0 Å². The maximum absolute atomic E-state index is 13.2. The molecule has 3 rings (SSSR count). The van der Waals surface area contributed by atoms with Gasteiger partial charge in [0.1, 0.15) is 11.5 Å². The van der Waals surface area contributed by atoms with Crippen LogP contribution in [0.15, 0.2) is 30.6 Å². The zero-order valence-corrected chi connectivity index (χ0v) is 13.3. The Morgan fingerprint density at radius 3 is 2.75 bits per heavy atom. The number of carbonyl (C=O) groups excluding carboxylic acids is 1. The second-order valence-corrected chi connectivity index (χ2v) is 6.04. The Labute approximate surface area is 138 Å². The third-order valence-electron chi connectivity index (χ3n) is 4.03. The van der Waals surface area contributed by atoms with Gasteiger partial charge in [0.25, 0.3) is 5.91 Å². The molecular formula is C17H18F2N4O. The molecule has 1 saturated heterocycles. The largest absolute Gasteiger partial charge is 0.355 e. The first-order valence-electron chi connectivity index (χ1n) is 7.86. The SMILES string of the molecule is CC1CCCN(c2cnc(C(=O)Nc3ccc(F)c(F)c3)cn2)C1. The molecule has 0 saturated carbocycles. The standard InChI is InChI=1S/C17H18F2N4O/c1-11-3-2-6-23(10-11)16-9-20-15(8-21-16)17(24)22-12-4-5-13(18)14(19)7-12/h4-5,7-9,11H,2-3,6,10H2,1H3,(H,22,24). The van der Waals surface area contributed by atoms with Crippen molar-refractivity contribution in [3.05, 3.63) is 47.9 Å². The second-order valence-electron chi connectivity index (χ2n) is 6.04. The van der Waals surface area contributed by atoms with Crippen LogP contribution in [0, 0.1) is 17.6 Å². The molecule has 126 valence electrons. The molecule has 1 N–H and O–H groups in total. The number of hydrogen-bond donors (Lipinski definition) is 1. The normalized spacial score (nSPS) is 17.6. The molecule has 7 heteroatoms. The fourth-order valence-electron chi connectivity index (χ4n) is 2.77. The summed E-state index contributed by atoms with van der Waals surface area (Å²) >= 11 is 0. The van der Waals surface area contributed by atoms with Crippen molar-refractivity contribution >= 4 is 17.4 Å². The molecule has 1 unspecified atom stereocenters. The summed E-state index contributed by atoms with van der Waals surface area (Å²) in [5.74, 6) is -1.16. The highest BCUT2D eigenvalue weighted by Crippen LogP contribution is 2.20. The molecule has 1 amide bonds. The molecule has 24 heavy (non-hydrogen) atoms. The highest BCUT2D eigenvalue weighted by Gasteiger charge is 2.18. The van der Waals surface area contributed by atoms with Gasteiger partial charge >= 0.3 is 0 Å². The molecule has 1 fully saturated rings. The number of aromatic nitrogens is 2. The van der Waals surface area contributed by atoms with E-state index in [2.05, 4.69) is 27.1 Å². The van der Waals surface area contributed by atoms with Gasteiger partial charge in [0.15, 0.2) is 11.6 Å². The van der Waals surface area contributed by atoms with Gasteiger partial charge in [-0.3, -0.25) is 4.79 Å². The summed E-state index contributed by atoms with van der Waals surface area (Å²) in [5.41, 5.74) is 0.281. The van der Waals surface area contributed by atoms with Crippen molar-refractivity contribution in [3.63, 3.8) is 0 Å². The van der Waals surface area contributed by atoms with Crippen LogP contribution in [0.2, 0.25) is 0 Å². The predicted octanol–water partition coefficient (Wildman–Crippen LogP) is 3.24. The lowest BCUT2D eigenvalue weighted by atomic mass is 10.0. The summed E-state index contributed by atoms with van der Waals surface area (Å²) in [6, 6.07) is 3.16. The van der Waals surface area contributed by atoms with Crippen LogP contribution >= 0.6 is 0 Å². The topological polar surface area (TPSA) is 58.1 Å². The number of halogens is 2. The molecule has 1 aromatic carbocycles. The van der Waals surface area contributed by atoms with E-state index in [1.807, 2.05) is 0 Å². The Bertz CT molecular complexity index is 736. The van der Waals surface area contributed by atoms with Crippen molar-refractivity contribution in [3.8, 4) is 0 Å². The van der Waals surface area contributed by atoms with Crippen LogP contribution in [0.1, 0.15) is 30.3 Å². The number of rotatable bonds is 3. The van der Waals surface area contributed by atoms with E-state index < -0.39 is 17.5 Å². The number of piperidine rings is 1. The smallest absolute Gasteiger partial charge is 0.275 e. The molecule has 0 aliphatic carbocycles.